The molecular weight excluding hydrogens is 394 g/mol. The number of amides is 3. The van der Waals surface area contributed by atoms with Crippen LogP contribution in [0.4, 0.5) is 4.79 Å². The topological polar surface area (TPSA) is 135 Å². The summed E-state index contributed by atoms with van der Waals surface area (Å²) in [5.41, 5.74) is 0. The number of fused-ring (bicyclic) bond motifs is 1. The molecule has 1 heterocycles. The Hall–Kier alpha value is -1.91. The molecule has 0 aromatic rings. The van der Waals surface area contributed by atoms with Gasteiger partial charge in [-0.15, -0.1) is 0 Å². The monoisotopic (exact) mass is 429 g/mol. The molecule has 1 saturated carbocycles. The molecule has 2 aliphatic rings. The molecule has 10 nitrogen and oxygen atoms in total. The second-order valence-corrected chi connectivity index (χ2v) is 7.66. The molecule has 172 valence electrons. The highest BCUT2D eigenvalue weighted by molar-refractivity contribution is 5.77. The second-order valence-electron chi connectivity index (χ2n) is 7.66. The van der Waals surface area contributed by atoms with E-state index in [1.807, 2.05) is 0 Å². The van der Waals surface area contributed by atoms with Crippen LogP contribution in [0.2, 0.25) is 0 Å². The third kappa shape index (κ3) is 9.73. The van der Waals surface area contributed by atoms with E-state index in [1.54, 1.807) is 0 Å². The van der Waals surface area contributed by atoms with Crippen LogP contribution in [0.1, 0.15) is 44.9 Å². The van der Waals surface area contributed by atoms with Gasteiger partial charge in [0.1, 0.15) is 0 Å². The number of unbranched alkanes of at least 4 members (excludes halogenated alkanes) is 1. The molecule has 2 fully saturated rings. The smallest absolute Gasteiger partial charge is 0.315 e. The Morgan fingerprint density at radius 2 is 1.63 bits per heavy atom. The first-order valence-corrected chi connectivity index (χ1v) is 10.8. The van der Waals surface area contributed by atoms with Gasteiger partial charge in [-0.3, -0.25) is 9.59 Å². The Labute approximate surface area is 177 Å². The quantitative estimate of drug-likeness (QED) is 0.249. The molecule has 0 aromatic heterocycles. The van der Waals surface area contributed by atoms with E-state index in [9.17, 15) is 14.4 Å². The van der Waals surface area contributed by atoms with Crippen LogP contribution in [-0.4, -0.2) is 81.3 Å². The van der Waals surface area contributed by atoms with Crippen molar-refractivity contribution in [1.82, 2.24) is 16.0 Å². The van der Waals surface area contributed by atoms with Gasteiger partial charge in [-0.2, -0.15) is 0 Å². The number of carbonyl (C=O) groups is 3. The lowest BCUT2D eigenvalue weighted by Crippen LogP contribution is -2.33. The number of carboxylic acid groups (broad SMARTS) is 1. The van der Waals surface area contributed by atoms with Crippen molar-refractivity contribution in [3.8, 4) is 0 Å². The normalized spacial score (nSPS) is 22.4. The fourth-order valence-corrected chi connectivity index (χ4v) is 3.89. The Morgan fingerprint density at radius 1 is 0.933 bits per heavy atom. The van der Waals surface area contributed by atoms with Gasteiger partial charge in [0.25, 0.3) is 0 Å². The number of nitrogens with one attached hydrogen (secondary N) is 3. The molecule has 1 saturated heterocycles. The number of rotatable bonds is 17. The lowest BCUT2D eigenvalue weighted by atomic mass is 9.96. The highest BCUT2D eigenvalue weighted by Crippen LogP contribution is 2.32. The Bertz CT molecular complexity index is 546. The molecule has 3 atom stereocenters. The van der Waals surface area contributed by atoms with Gasteiger partial charge in [0, 0.05) is 13.0 Å². The molecule has 4 N–H and O–H groups in total. The largest absolute Gasteiger partial charge is 0.481 e. The molecule has 3 amide bonds. The van der Waals surface area contributed by atoms with Crippen LogP contribution in [0.15, 0.2) is 0 Å². The minimum absolute atomic E-state index is 0.00636. The van der Waals surface area contributed by atoms with E-state index >= 15 is 0 Å². The van der Waals surface area contributed by atoms with Crippen LogP contribution < -0.4 is 16.0 Å². The molecule has 0 spiro atoms. The highest BCUT2D eigenvalue weighted by atomic mass is 16.5. The number of hydrogen-bond donors (Lipinski definition) is 4. The lowest BCUT2D eigenvalue weighted by Gasteiger charge is -2.17. The molecule has 0 radical (unpaired) electrons. The third-order valence-electron chi connectivity index (χ3n) is 5.41. The second kappa shape index (κ2) is 14.2. The van der Waals surface area contributed by atoms with Gasteiger partial charge in [0.05, 0.1) is 58.1 Å². The summed E-state index contributed by atoms with van der Waals surface area (Å²) >= 11 is 0. The standard InChI is InChI=1S/C20H35N3O7/c24-17(4-2-1-3-15-5-6-16-19(15)23-20(27)22-16)21-8-10-29-12-14-30-13-11-28-9-7-18(25)26/h15-16,19H,1-14H2,(H,21,24)(H,25,26)(H2,22,23,27)/t15-,16+,19-/m1/s1. The van der Waals surface area contributed by atoms with Gasteiger partial charge in [-0.25, -0.2) is 4.79 Å². The lowest BCUT2D eigenvalue weighted by molar-refractivity contribution is -0.138. The number of hydrogen-bond acceptors (Lipinski definition) is 6. The first kappa shape index (κ1) is 24.4. The van der Waals surface area contributed by atoms with Crippen LogP contribution in [-0.2, 0) is 23.8 Å². The van der Waals surface area contributed by atoms with Crippen molar-refractivity contribution in [2.24, 2.45) is 5.92 Å². The maximum absolute atomic E-state index is 11.9. The molecule has 10 heteroatoms. The molecule has 30 heavy (non-hydrogen) atoms. The first-order chi connectivity index (χ1) is 14.6. The third-order valence-corrected chi connectivity index (χ3v) is 5.41. The summed E-state index contributed by atoms with van der Waals surface area (Å²) in [6.45, 7) is 2.70. The van der Waals surface area contributed by atoms with Gasteiger partial charge in [0.2, 0.25) is 5.91 Å². The van der Waals surface area contributed by atoms with E-state index in [4.69, 9.17) is 19.3 Å². The summed E-state index contributed by atoms with van der Waals surface area (Å²) in [6, 6.07) is 0.495. The van der Waals surface area contributed by atoms with Crippen molar-refractivity contribution < 1.29 is 33.7 Å². The van der Waals surface area contributed by atoms with Crippen molar-refractivity contribution in [3.05, 3.63) is 0 Å². The van der Waals surface area contributed by atoms with E-state index in [0.717, 1.165) is 32.1 Å². The minimum Gasteiger partial charge on any atom is -0.481 e. The predicted molar refractivity (Wildman–Crippen MR) is 108 cm³/mol. The maximum atomic E-state index is 11.9. The average molecular weight is 430 g/mol. The molecule has 1 aliphatic carbocycles. The van der Waals surface area contributed by atoms with Crippen LogP contribution >= 0.6 is 0 Å². The molecule has 0 unspecified atom stereocenters. The minimum atomic E-state index is -0.878. The maximum Gasteiger partial charge on any atom is 0.315 e. The molecule has 1 aliphatic heterocycles. The highest BCUT2D eigenvalue weighted by Gasteiger charge is 2.41. The number of aliphatic carboxylic acids is 1. The Morgan fingerprint density at radius 3 is 2.37 bits per heavy atom. The predicted octanol–water partition coefficient (Wildman–Crippen LogP) is 0.648. The zero-order valence-electron chi connectivity index (χ0n) is 17.5. The van der Waals surface area contributed by atoms with E-state index in [2.05, 4.69) is 16.0 Å². The molecule has 0 aromatic carbocycles. The van der Waals surface area contributed by atoms with Crippen LogP contribution in [0, 0.1) is 5.92 Å². The van der Waals surface area contributed by atoms with Gasteiger partial charge < -0.3 is 35.3 Å². The Balaban J connectivity index is 1.32. The fourth-order valence-electron chi connectivity index (χ4n) is 3.89. The summed E-state index contributed by atoms with van der Waals surface area (Å²) in [5, 5.41) is 17.3. The van der Waals surface area contributed by atoms with Crippen LogP contribution in [0.25, 0.3) is 0 Å². The number of ether oxygens (including phenoxy) is 3. The number of urea groups is 1. The van der Waals surface area contributed by atoms with Crippen molar-refractivity contribution in [3.63, 3.8) is 0 Å². The molecule has 2 rings (SSSR count). The van der Waals surface area contributed by atoms with E-state index in [1.165, 1.54) is 0 Å². The van der Waals surface area contributed by atoms with E-state index in [0.29, 0.717) is 51.9 Å². The summed E-state index contributed by atoms with van der Waals surface area (Å²) in [4.78, 5) is 33.5. The van der Waals surface area contributed by atoms with Gasteiger partial charge in [0.15, 0.2) is 0 Å². The van der Waals surface area contributed by atoms with E-state index in [-0.39, 0.29) is 37.0 Å². The summed E-state index contributed by atoms with van der Waals surface area (Å²) < 4.78 is 15.8. The fraction of sp³-hybridized carbons (Fsp3) is 0.850. The first-order valence-electron chi connectivity index (χ1n) is 10.8. The van der Waals surface area contributed by atoms with Crippen molar-refractivity contribution in [2.75, 3.05) is 46.2 Å². The van der Waals surface area contributed by atoms with Crippen LogP contribution in [0.5, 0.6) is 0 Å². The molecule has 0 bridgehead atoms. The van der Waals surface area contributed by atoms with Gasteiger partial charge in [-0.1, -0.05) is 6.42 Å². The van der Waals surface area contributed by atoms with Crippen molar-refractivity contribution >= 4 is 17.9 Å². The SMILES string of the molecule is O=C(O)CCOCCOCCOCCNC(=O)CCCC[C@@H]1CC[C@@H]2NC(=O)N[C@H]12. The van der Waals surface area contributed by atoms with Crippen molar-refractivity contribution in [1.29, 1.82) is 0 Å². The average Bonchev–Trinajstić information content (AvgIpc) is 3.25. The zero-order chi connectivity index (χ0) is 21.6. The number of carboxylic acids is 1. The van der Waals surface area contributed by atoms with Gasteiger partial charge in [-0.05, 0) is 31.6 Å². The zero-order valence-corrected chi connectivity index (χ0v) is 17.5. The van der Waals surface area contributed by atoms with Crippen LogP contribution in [0.3, 0.4) is 0 Å². The summed E-state index contributed by atoms with van der Waals surface area (Å²) in [6.07, 6.45) is 5.57. The van der Waals surface area contributed by atoms with E-state index < -0.39 is 5.97 Å². The Kier molecular flexibility index (Phi) is 11.5. The number of carbonyl (C=O) groups excluding carboxylic acids is 2. The molecular formula is C20H35N3O7. The summed E-state index contributed by atoms with van der Waals surface area (Å²) in [5.74, 6) is -0.325. The summed E-state index contributed by atoms with van der Waals surface area (Å²) in [7, 11) is 0. The van der Waals surface area contributed by atoms with Gasteiger partial charge >= 0.3 is 12.0 Å². The van der Waals surface area contributed by atoms with Crippen molar-refractivity contribution in [2.45, 2.75) is 57.0 Å².